The molecule has 0 amide bonds. The zero-order valence-electron chi connectivity index (χ0n) is 15.6. The molecule has 2 heterocycles. The smallest absolute Gasteiger partial charge is 0.127 e. The van der Waals surface area contributed by atoms with E-state index in [4.69, 9.17) is 4.74 Å². The number of H-pyrrole nitrogens is 1. The van der Waals surface area contributed by atoms with Crippen molar-refractivity contribution in [2.45, 2.75) is 32.0 Å². The molecule has 1 aromatic heterocycles. The fourth-order valence-corrected chi connectivity index (χ4v) is 3.68. The van der Waals surface area contributed by atoms with Crippen molar-refractivity contribution in [2.75, 3.05) is 13.2 Å². The zero-order valence-corrected chi connectivity index (χ0v) is 15.6. The summed E-state index contributed by atoms with van der Waals surface area (Å²) in [6.45, 7) is 2.67. The fourth-order valence-electron chi connectivity index (χ4n) is 3.68. The van der Waals surface area contributed by atoms with Crippen molar-refractivity contribution in [3.63, 3.8) is 0 Å². The molecule has 5 nitrogen and oxygen atoms in total. The Morgan fingerprint density at radius 3 is 2.64 bits per heavy atom. The van der Waals surface area contributed by atoms with E-state index in [2.05, 4.69) is 15.1 Å². The van der Waals surface area contributed by atoms with E-state index in [9.17, 15) is 9.50 Å². The van der Waals surface area contributed by atoms with Gasteiger partial charge in [0.1, 0.15) is 11.6 Å². The standard InChI is InChI=1S/C22H24FN3O2/c23-21-6-2-1-4-17(21)13-26(15-20-5-3-11-28-20)14-18-12-24-25-22(18)16-7-9-19(27)10-8-16/h1-2,4,6-10,12,20,27H,3,5,11,13-15H2,(H,24,25)/t20-/m0/s1. The summed E-state index contributed by atoms with van der Waals surface area (Å²) in [6.07, 6.45) is 4.09. The maximum atomic E-state index is 14.2. The quantitative estimate of drug-likeness (QED) is 0.647. The lowest BCUT2D eigenvalue weighted by molar-refractivity contribution is 0.0676. The van der Waals surface area contributed by atoms with Crippen molar-refractivity contribution in [3.05, 3.63) is 71.7 Å². The predicted octanol–water partition coefficient (Wildman–Crippen LogP) is 4.10. The molecule has 1 aliphatic rings. The Bertz CT molecular complexity index is 904. The summed E-state index contributed by atoms with van der Waals surface area (Å²) >= 11 is 0. The predicted molar refractivity (Wildman–Crippen MR) is 105 cm³/mol. The van der Waals surface area contributed by atoms with E-state index in [1.54, 1.807) is 18.2 Å². The van der Waals surface area contributed by atoms with Crippen LogP contribution in [0.25, 0.3) is 11.3 Å². The number of hydrogen-bond acceptors (Lipinski definition) is 4. The molecule has 6 heteroatoms. The van der Waals surface area contributed by atoms with Gasteiger partial charge >= 0.3 is 0 Å². The van der Waals surface area contributed by atoms with Crippen LogP contribution in [0.5, 0.6) is 5.75 Å². The number of aromatic amines is 1. The Hall–Kier alpha value is -2.70. The second-order valence-corrected chi connectivity index (χ2v) is 7.21. The van der Waals surface area contributed by atoms with E-state index < -0.39 is 0 Å². The number of aromatic hydroxyl groups is 1. The highest BCUT2D eigenvalue weighted by Crippen LogP contribution is 2.26. The van der Waals surface area contributed by atoms with Crippen molar-refractivity contribution in [2.24, 2.45) is 0 Å². The van der Waals surface area contributed by atoms with Gasteiger partial charge < -0.3 is 9.84 Å². The van der Waals surface area contributed by atoms with Gasteiger partial charge in [0.15, 0.2) is 0 Å². The van der Waals surface area contributed by atoms with Crippen LogP contribution in [0.4, 0.5) is 4.39 Å². The summed E-state index contributed by atoms with van der Waals surface area (Å²) in [5.74, 6) is 0.0372. The fraction of sp³-hybridized carbons (Fsp3) is 0.318. The summed E-state index contributed by atoms with van der Waals surface area (Å²) < 4.78 is 20.0. The van der Waals surface area contributed by atoms with Gasteiger partial charge in [0.25, 0.3) is 0 Å². The summed E-state index contributed by atoms with van der Waals surface area (Å²) in [5, 5.41) is 16.8. The minimum Gasteiger partial charge on any atom is -0.508 e. The van der Waals surface area contributed by atoms with Crippen LogP contribution >= 0.6 is 0 Å². The van der Waals surface area contributed by atoms with Crippen LogP contribution in [-0.4, -0.2) is 39.5 Å². The maximum absolute atomic E-state index is 14.2. The van der Waals surface area contributed by atoms with Gasteiger partial charge in [0.05, 0.1) is 18.0 Å². The number of halogens is 1. The van der Waals surface area contributed by atoms with Crippen LogP contribution in [0.1, 0.15) is 24.0 Å². The molecule has 1 aliphatic heterocycles. The van der Waals surface area contributed by atoms with E-state index in [1.807, 2.05) is 30.5 Å². The molecule has 0 unspecified atom stereocenters. The van der Waals surface area contributed by atoms with Gasteiger partial charge in [0.2, 0.25) is 0 Å². The molecular weight excluding hydrogens is 357 g/mol. The van der Waals surface area contributed by atoms with Crippen LogP contribution in [0.15, 0.2) is 54.7 Å². The summed E-state index contributed by atoms with van der Waals surface area (Å²) in [4.78, 5) is 2.21. The molecule has 1 atom stereocenters. The summed E-state index contributed by atoms with van der Waals surface area (Å²) in [7, 11) is 0. The number of benzene rings is 2. The van der Waals surface area contributed by atoms with Gasteiger partial charge in [-0.1, -0.05) is 18.2 Å². The Labute approximate surface area is 163 Å². The third-order valence-corrected chi connectivity index (χ3v) is 5.11. The van der Waals surface area contributed by atoms with Gasteiger partial charge in [-0.25, -0.2) is 4.39 Å². The molecule has 0 radical (unpaired) electrons. The average molecular weight is 381 g/mol. The van der Waals surface area contributed by atoms with Gasteiger partial charge in [-0.15, -0.1) is 0 Å². The Morgan fingerprint density at radius 1 is 1.11 bits per heavy atom. The van der Waals surface area contributed by atoms with E-state index in [-0.39, 0.29) is 17.7 Å². The van der Waals surface area contributed by atoms with Crippen molar-refractivity contribution in [3.8, 4) is 17.0 Å². The lowest BCUT2D eigenvalue weighted by Gasteiger charge is -2.25. The van der Waals surface area contributed by atoms with E-state index in [0.717, 1.165) is 42.8 Å². The Balaban J connectivity index is 1.56. The van der Waals surface area contributed by atoms with E-state index >= 15 is 0 Å². The third-order valence-electron chi connectivity index (χ3n) is 5.11. The number of phenolic OH excluding ortho intramolecular Hbond substituents is 1. The number of phenols is 1. The van der Waals surface area contributed by atoms with E-state index in [0.29, 0.717) is 18.7 Å². The molecule has 1 saturated heterocycles. The monoisotopic (exact) mass is 381 g/mol. The van der Waals surface area contributed by atoms with Crippen molar-refractivity contribution >= 4 is 0 Å². The highest BCUT2D eigenvalue weighted by atomic mass is 19.1. The largest absolute Gasteiger partial charge is 0.508 e. The minimum atomic E-state index is -0.189. The molecule has 0 spiro atoms. The number of nitrogens with zero attached hydrogens (tertiary/aromatic N) is 2. The Kier molecular flexibility index (Phi) is 5.69. The summed E-state index contributed by atoms with van der Waals surface area (Å²) in [6, 6.07) is 13.9. The molecule has 1 fully saturated rings. The molecule has 2 aromatic carbocycles. The normalized spacial score (nSPS) is 16.7. The molecular formula is C22H24FN3O2. The van der Waals surface area contributed by atoms with Crippen molar-refractivity contribution in [1.29, 1.82) is 0 Å². The van der Waals surface area contributed by atoms with Crippen LogP contribution in [0.2, 0.25) is 0 Å². The highest BCUT2D eigenvalue weighted by molar-refractivity contribution is 5.63. The van der Waals surface area contributed by atoms with Gasteiger partial charge in [0, 0.05) is 42.9 Å². The first-order valence-electron chi connectivity index (χ1n) is 9.58. The highest BCUT2D eigenvalue weighted by Gasteiger charge is 2.21. The molecule has 28 heavy (non-hydrogen) atoms. The molecule has 0 saturated carbocycles. The molecule has 146 valence electrons. The molecule has 0 bridgehead atoms. The first kappa shape index (κ1) is 18.7. The number of aromatic nitrogens is 2. The maximum Gasteiger partial charge on any atom is 0.127 e. The molecule has 2 N–H and O–H groups in total. The second-order valence-electron chi connectivity index (χ2n) is 7.21. The molecule has 3 aromatic rings. The number of hydrogen-bond donors (Lipinski definition) is 2. The number of rotatable bonds is 7. The Morgan fingerprint density at radius 2 is 1.89 bits per heavy atom. The van der Waals surface area contributed by atoms with Gasteiger partial charge in [-0.3, -0.25) is 10.00 Å². The van der Waals surface area contributed by atoms with Crippen molar-refractivity contribution in [1.82, 2.24) is 15.1 Å². The average Bonchev–Trinajstić information content (AvgIpc) is 3.36. The van der Waals surface area contributed by atoms with Crippen molar-refractivity contribution < 1.29 is 14.2 Å². The molecule has 4 rings (SSSR count). The topological polar surface area (TPSA) is 61.4 Å². The third kappa shape index (κ3) is 4.40. The SMILES string of the molecule is Oc1ccc(-c2[nH]ncc2CN(Cc2ccccc2F)C[C@@H]2CCCO2)cc1. The van der Waals surface area contributed by atoms with Crippen LogP contribution in [0, 0.1) is 5.82 Å². The first-order chi connectivity index (χ1) is 13.7. The van der Waals surface area contributed by atoms with Crippen LogP contribution in [0.3, 0.4) is 0 Å². The number of nitrogens with one attached hydrogen (secondary N) is 1. The zero-order chi connectivity index (χ0) is 19.3. The second kappa shape index (κ2) is 8.54. The van der Waals surface area contributed by atoms with Gasteiger partial charge in [-0.05, 0) is 43.2 Å². The summed E-state index contributed by atoms with van der Waals surface area (Å²) in [5.41, 5.74) is 3.56. The number of ether oxygens (including phenoxy) is 1. The lowest BCUT2D eigenvalue weighted by Crippen LogP contribution is -2.31. The van der Waals surface area contributed by atoms with Gasteiger partial charge in [-0.2, -0.15) is 5.10 Å². The van der Waals surface area contributed by atoms with E-state index in [1.165, 1.54) is 6.07 Å². The van der Waals surface area contributed by atoms with Crippen LogP contribution < -0.4 is 0 Å². The molecule has 0 aliphatic carbocycles. The minimum absolute atomic E-state index is 0.177. The van der Waals surface area contributed by atoms with Crippen LogP contribution in [-0.2, 0) is 17.8 Å². The first-order valence-corrected chi connectivity index (χ1v) is 9.58. The lowest BCUT2D eigenvalue weighted by atomic mass is 10.1.